The number of nitrogens with zero attached hydrogens (tertiary/aromatic N) is 2. The quantitative estimate of drug-likeness (QED) is 0.486. The summed E-state index contributed by atoms with van der Waals surface area (Å²) in [5.41, 5.74) is 4.43. The van der Waals surface area contributed by atoms with E-state index >= 15 is 0 Å². The van der Waals surface area contributed by atoms with Gasteiger partial charge in [0.05, 0.1) is 5.92 Å². The van der Waals surface area contributed by atoms with Gasteiger partial charge in [-0.15, -0.1) is 0 Å². The summed E-state index contributed by atoms with van der Waals surface area (Å²) in [4.78, 5) is 33.6. The maximum atomic E-state index is 14.0. The number of aromatic nitrogens is 1. The van der Waals surface area contributed by atoms with Crippen LogP contribution in [0, 0.1) is 0 Å². The monoisotopic (exact) mass is 469 g/mol. The summed E-state index contributed by atoms with van der Waals surface area (Å²) in [7, 11) is 0. The third kappa shape index (κ3) is 5.79. The maximum absolute atomic E-state index is 14.0. The van der Waals surface area contributed by atoms with Crippen LogP contribution in [-0.2, 0) is 22.4 Å². The van der Waals surface area contributed by atoms with E-state index in [4.69, 9.17) is 0 Å². The van der Waals surface area contributed by atoms with Gasteiger partial charge in [-0.25, -0.2) is 0 Å². The topological polar surface area (TPSA) is 62.3 Å². The Morgan fingerprint density at radius 1 is 0.943 bits per heavy atom. The summed E-state index contributed by atoms with van der Waals surface area (Å²) < 4.78 is 0. The molecule has 1 N–H and O–H groups in total. The smallest absolute Gasteiger partial charge is 0.231 e. The molecule has 182 valence electrons. The van der Waals surface area contributed by atoms with Crippen molar-refractivity contribution in [1.82, 2.24) is 15.2 Å². The molecule has 0 fully saturated rings. The Morgan fingerprint density at radius 3 is 2.14 bits per heavy atom. The Hall–Kier alpha value is -3.47. The van der Waals surface area contributed by atoms with Crippen LogP contribution in [0.4, 0.5) is 0 Å². The van der Waals surface area contributed by atoms with Gasteiger partial charge in [0.1, 0.15) is 0 Å². The molecule has 4 rings (SSSR count). The molecule has 1 aromatic heterocycles. The lowest BCUT2D eigenvalue weighted by atomic mass is 9.78. The van der Waals surface area contributed by atoms with E-state index in [1.54, 1.807) is 12.4 Å². The van der Waals surface area contributed by atoms with Gasteiger partial charge in [0.2, 0.25) is 11.8 Å². The highest BCUT2D eigenvalue weighted by Gasteiger charge is 2.36. The molecule has 0 saturated heterocycles. The van der Waals surface area contributed by atoms with Gasteiger partial charge in [-0.05, 0) is 61.9 Å². The van der Waals surface area contributed by atoms with E-state index in [1.807, 2.05) is 80.3 Å². The number of carbonyl (C=O) groups is 2. The first kappa shape index (κ1) is 24.6. The first-order valence-electron chi connectivity index (χ1n) is 12.6. The van der Waals surface area contributed by atoms with Gasteiger partial charge < -0.3 is 10.2 Å². The number of pyridine rings is 1. The molecule has 1 heterocycles. The molecule has 5 heteroatoms. The molecule has 0 saturated carbocycles. The van der Waals surface area contributed by atoms with Crippen molar-refractivity contribution in [2.45, 2.75) is 64.0 Å². The number of nitrogens with one attached hydrogen (secondary N) is 1. The fraction of sp³-hybridized carbons (Fsp3) is 0.367. The number of carbonyl (C=O) groups excluding carboxylic acids is 2. The average molecular weight is 470 g/mol. The number of likely N-dealkylation sites (N-methyl/N-ethyl adjacent to an activating group) is 1. The maximum Gasteiger partial charge on any atom is 0.231 e. The zero-order valence-corrected chi connectivity index (χ0v) is 20.9. The normalized spacial score (nSPS) is 14.9. The minimum absolute atomic E-state index is 0.0223. The number of hydrogen-bond donors (Lipinski definition) is 1. The molecule has 2 atom stereocenters. The van der Waals surface area contributed by atoms with Crippen LogP contribution in [0.2, 0.25) is 0 Å². The molecule has 35 heavy (non-hydrogen) atoms. The summed E-state index contributed by atoms with van der Waals surface area (Å²) in [6.45, 7) is 6.68. The number of benzene rings is 2. The van der Waals surface area contributed by atoms with Crippen molar-refractivity contribution in [1.29, 1.82) is 0 Å². The molecule has 2 unspecified atom stereocenters. The number of rotatable bonds is 9. The second kappa shape index (κ2) is 11.3. The minimum atomic E-state index is -0.500. The Balaban J connectivity index is 1.63. The van der Waals surface area contributed by atoms with Crippen molar-refractivity contribution >= 4 is 11.8 Å². The first-order chi connectivity index (χ1) is 17.0. The zero-order valence-electron chi connectivity index (χ0n) is 20.9. The molecule has 5 nitrogen and oxygen atoms in total. The van der Waals surface area contributed by atoms with Gasteiger partial charge in [0, 0.05) is 43.4 Å². The number of fused-ring (bicyclic) bond motifs is 1. The van der Waals surface area contributed by atoms with Crippen LogP contribution in [0.3, 0.4) is 0 Å². The number of hydrogen-bond acceptors (Lipinski definition) is 3. The van der Waals surface area contributed by atoms with E-state index in [0.29, 0.717) is 6.54 Å². The second-order valence-electron chi connectivity index (χ2n) is 9.64. The van der Waals surface area contributed by atoms with Crippen LogP contribution in [0.25, 0.3) is 0 Å². The van der Waals surface area contributed by atoms with Gasteiger partial charge in [-0.3, -0.25) is 14.6 Å². The standard InChI is InChI=1S/C30H35N3O2/c1-4-33(21(2)3)30(35)29(25-15-10-16-31-20-25)27(22-11-6-5-7-12-22)19-28(34)32-26-17-23-13-8-9-14-24(23)18-26/h5-16,20-21,26-27,29H,4,17-19H2,1-3H3,(H,32,34). The third-order valence-electron chi connectivity index (χ3n) is 7.01. The van der Waals surface area contributed by atoms with Gasteiger partial charge in [-0.2, -0.15) is 0 Å². The summed E-state index contributed by atoms with van der Waals surface area (Å²) in [6, 6.07) is 22.3. The van der Waals surface area contributed by atoms with Crippen LogP contribution >= 0.6 is 0 Å². The number of amides is 2. The second-order valence-corrected chi connectivity index (χ2v) is 9.64. The Kier molecular flexibility index (Phi) is 7.96. The highest BCUT2D eigenvalue weighted by molar-refractivity contribution is 5.87. The van der Waals surface area contributed by atoms with Gasteiger partial charge in [0.25, 0.3) is 0 Å². The van der Waals surface area contributed by atoms with Crippen LogP contribution in [0.5, 0.6) is 0 Å². The molecular formula is C30H35N3O2. The predicted molar refractivity (Wildman–Crippen MR) is 139 cm³/mol. The SMILES string of the molecule is CCN(C(=O)C(c1cccnc1)C(CC(=O)NC1Cc2ccccc2C1)c1ccccc1)C(C)C. The molecule has 1 aliphatic rings. The molecule has 0 bridgehead atoms. The summed E-state index contributed by atoms with van der Waals surface area (Å²) in [6.07, 6.45) is 5.41. The van der Waals surface area contributed by atoms with E-state index in [0.717, 1.165) is 24.0 Å². The Bertz CT molecular complexity index is 1110. The van der Waals surface area contributed by atoms with Crippen molar-refractivity contribution in [2.24, 2.45) is 0 Å². The Morgan fingerprint density at radius 2 is 1.57 bits per heavy atom. The van der Waals surface area contributed by atoms with E-state index in [9.17, 15) is 9.59 Å². The molecular weight excluding hydrogens is 434 g/mol. The molecule has 0 radical (unpaired) electrons. The summed E-state index contributed by atoms with van der Waals surface area (Å²) in [5, 5.41) is 3.26. The van der Waals surface area contributed by atoms with Gasteiger partial charge >= 0.3 is 0 Å². The molecule has 3 aromatic rings. The van der Waals surface area contributed by atoms with Crippen molar-refractivity contribution in [3.8, 4) is 0 Å². The lowest BCUT2D eigenvalue weighted by Crippen LogP contribution is -2.43. The predicted octanol–water partition coefficient (Wildman–Crippen LogP) is 4.88. The third-order valence-corrected chi connectivity index (χ3v) is 7.01. The zero-order chi connectivity index (χ0) is 24.8. The van der Waals surface area contributed by atoms with Crippen LogP contribution < -0.4 is 5.32 Å². The minimum Gasteiger partial charge on any atom is -0.353 e. The molecule has 2 aromatic carbocycles. The van der Waals surface area contributed by atoms with Crippen LogP contribution in [0.1, 0.15) is 61.3 Å². The highest BCUT2D eigenvalue weighted by Crippen LogP contribution is 2.37. The Labute approximate surface area is 208 Å². The van der Waals surface area contributed by atoms with E-state index in [1.165, 1.54) is 11.1 Å². The molecule has 1 aliphatic carbocycles. The largest absolute Gasteiger partial charge is 0.353 e. The van der Waals surface area contributed by atoms with E-state index < -0.39 is 5.92 Å². The molecule has 2 amide bonds. The summed E-state index contributed by atoms with van der Waals surface area (Å²) >= 11 is 0. The van der Waals surface area contributed by atoms with Gasteiger partial charge in [-0.1, -0.05) is 60.7 Å². The van der Waals surface area contributed by atoms with Crippen molar-refractivity contribution < 1.29 is 9.59 Å². The molecule has 0 spiro atoms. The fourth-order valence-corrected chi connectivity index (χ4v) is 5.34. The van der Waals surface area contributed by atoms with Gasteiger partial charge in [0.15, 0.2) is 0 Å². The van der Waals surface area contributed by atoms with Crippen LogP contribution in [0.15, 0.2) is 79.1 Å². The van der Waals surface area contributed by atoms with Crippen molar-refractivity contribution in [3.05, 3.63) is 101 Å². The first-order valence-corrected chi connectivity index (χ1v) is 12.6. The molecule has 0 aliphatic heterocycles. The highest BCUT2D eigenvalue weighted by atomic mass is 16.2. The van der Waals surface area contributed by atoms with Crippen molar-refractivity contribution in [3.63, 3.8) is 0 Å². The lowest BCUT2D eigenvalue weighted by molar-refractivity contribution is -0.135. The van der Waals surface area contributed by atoms with Crippen LogP contribution in [-0.4, -0.2) is 40.3 Å². The van der Waals surface area contributed by atoms with Crippen molar-refractivity contribution in [2.75, 3.05) is 6.54 Å². The van der Waals surface area contributed by atoms with E-state index in [2.05, 4.69) is 22.4 Å². The van der Waals surface area contributed by atoms with E-state index in [-0.39, 0.29) is 36.2 Å². The summed E-state index contributed by atoms with van der Waals surface area (Å²) in [5.74, 6) is -0.791. The lowest BCUT2D eigenvalue weighted by Gasteiger charge is -2.34. The fourth-order valence-electron chi connectivity index (χ4n) is 5.34. The average Bonchev–Trinajstić information content (AvgIpc) is 3.27.